The minimum absolute atomic E-state index is 0.690. The maximum Gasteiger partial charge on any atom is 0.122 e. The molecule has 3 heteroatoms. The van der Waals surface area contributed by atoms with Gasteiger partial charge in [-0.05, 0) is 36.0 Å². The van der Waals surface area contributed by atoms with Crippen LogP contribution in [0.1, 0.15) is 23.5 Å². The summed E-state index contributed by atoms with van der Waals surface area (Å²) in [6.45, 7) is 4.19. The van der Waals surface area contributed by atoms with Crippen molar-refractivity contribution in [3.05, 3.63) is 29.3 Å². The predicted octanol–water partition coefficient (Wildman–Crippen LogP) is 1.62. The van der Waals surface area contributed by atoms with Crippen LogP contribution in [0.3, 0.4) is 0 Å². The van der Waals surface area contributed by atoms with Crippen molar-refractivity contribution in [2.75, 3.05) is 33.3 Å². The highest BCUT2D eigenvalue weighted by Crippen LogP contribution is 2.43. The first-order valence-corrected chi connectivity index (χ1v) is 6.91. The van der Waals surface area contributed by atoms with Crippen LogP contribution in [0, 0.1) is 5.92 Å². The fourth-order valence-corrected chi connectivity index (χ4v) is 3.69. The van der Waals surface area contributed by atoms with Crippen molar-refractivity contribution in [2.24, 2.45) is 11.7 Å². The number of hydrogen-bond donors (Lipinski definition) is 1. The molecule has 0 unspecified atom stereocenters. The number of nitrogens with two attached hydrogens (primary N) is 1. The Hall–Kier alpha value is -1.06. The highest BCUT2D eigenvalue weighted by atomic mass is 16.5. The van der Waals surface area contributed by atoms with Crippen LogP contribution in [0.2, 0.25) is 0 Å². The summed E-state index contributed by atoms with van der Waals surface area (Å²) >= 11 is 0. The molecule has 1 heterocycles. The Balaban J connectivity index is 1.89. The van der Waals surface area contributed by atoms with E-state index in [2.05, 4.69) is 23.1 Å². The summed E-state index contributed by atoms with van der Waals surface area (Å²) in [7, 11) is 1.77. The van der Waals surface area contributed by atoms with Crippen LogP contribution in [0.5, 0.6) is 5.75 Å². The zero-order valence-electron chi connectivity index (χ0n) is 11.1. The molecule has 1 aromatic rings. The van der Waals surface area contributed by atoms with Gasteiger partial charge in [0, 0.05) is 32.1 Å². The first-order valence-electron chi connectivity index (χ1n) is 6.91. The second-order valence-electron chi connectivity index (χ2n) is 5.48. The molecular weight excluding hydrogens is 224 g/mol. The van der Waals surface area contributed by atoms with Gasteiger partial charge in [0.25, 0.3) is 0 Å². The average molecular weight is 246 g/mol. The molecule has 2 N–H and O–H groups in total. The molecule has 98 valence electrons. The third-order valence-corrected chi connectivity index (χ3v) is 4.52. The predicted molar refractivity (Wildman–Crippen MR) is 73.0 cm³/mol. The number of likely N-dealkylation sites (tertiary alicyclic amines) is 1. The standard InChI is InChI=1S/C15H22N2O/c1-18-15-4-2-3-12-13(15)6-5-11-9-17(8-7-16)10-14(11)12/h2-4,11,14H,5-10,16H2,1H3/t11-,14+/m1/s1. The lowest BCUT2D eigenvalue weighted by Crippen LogP contribution is -2.27. The van der Waals surface area contributed by atoms with E-state index in [-0.39, 0.29) is 0 Å². The van der Waals surface area contributed by atoms with Crippen LogP contribution in [-0.2, 0) is 6.42 Å². The third kappa shape index (κ3) is 1.91. The van der Waals surface area contributed by atoms with Gasteiger partial charge in [0.1, 0.15) is 5.75 Å². The van der Waals surface area contributed by atoms with Crippen molar-refractivity contribution in [1.29, 1.82) is 0 Å². The molecular formula is C15H22N2O. The van der Waals surface area contributed by atoms with Crippen molar-refractivity contribution in [2.45, 2.75) is 18.8 Å². The van der Waals surface area contributed by atoms with Gasteiger partial charge in [0.05, 0.1) is 7.11 Å². The van der Waals surface area contributed by atoms with E-state index in [0.29, 0.717) is 5.92 Å². The summed E-state index contributed by atoms with van der Waals surface area (Å²) in [5.41, 5.74) is 8.64. The zero-order valence-corrected chi connectivity index (χ0v) is 11.1. The average Bonchev–Trinajstić information content (AvgIpc) is 2.81. The molecule has 3 nitrogen and oxygen atoms in total. The summed E-state index contributed by atoms with van der Waals surface area (Å²) in [5, 5.41) is 0. The topological polar surface area (TPSA) is 38.5 Å². The van der Waals surface area contributed by atoms with Gasteiger partial charge >= 0.3 is 0 Å². The molecule has 3 rings (SSSR count). The monoisotopic (exact) mass is 246 g/mol. The Kier molecular flexibility index (Phi) is 3.27. The van der Waals surface area contributed by atoms with Gasteiger partial charge in [-0.1, -0.05) is 12.1 Å². The lowest BCUT2D eigenvalue weighted by atomic mass is 9.77. The molecule has 2 aliphatic rings. The highest BCUT2D eigenvalue weighted by molar-refractivity contribution is 5.44. The summed E-state index contributed by atoms with van der Waals surface area (Å²) in [5.74, 6) is 2.58. The first-order chi connectivity index (χ1) is 8.83. The Morgan fingerprint density at radius 1 is 1.39 bits per heavy atom. The highest BCUT2D eigenvalue weighted by Gasteiger charge is 2.37. The van der Waals surface area contributed by atoms with Gasteiger partial charge in [0.15, 0.2) is 0 Å². The molecule has 1 aromatic carbocycles. The molecule has 1 aliphatic carbocycles. The van der Waals surface area contributed by atoms with Gasteiger partial charge < -0.3 is 15.4 Å². The third-order valence-electron chi connectivity index (χ3n) is 4.52. The zero-order chi connectivity index (χ0) is 12.5. The van der Waals surface area contributed by atoms with Crippen molar-refractivity contribution < 1.29 is 4.74 Å². The second kappa shape index (κ2) is 4.90. The number of methoxy groups -OCH3 is 1. The molecule has 0 saturated carbocycles. The van der Waals surface area contributed by atoms with Crippen molar-refractivity contribution in [1.82, 2.24) is 4.90 Å². The van der Waals surface area contributed by atoms with E-state index >= 15 is 0 Å². The first kappa shape index (κ1) is 12.0. The van der Waals surface area contributed by atoms with Crippen LogP contribution in [-0.4, -0.2) is 38.2 Å². The lowest BCUT2D eigenvalue weighted by Gasteiger charge is -2.28. The quantitative estimate of drug-likeness (QED) is 0.880. The Bertz CT molecular complexity index is 433. The molecule has 0 amide bonds. The van der Waals surface area contributed by atoms with Crippen LogP contribution >= 0.6 is 0 Å². The van der Waals surface area contributed by atoms with Crippen molar-refractivity contribution >= 4 is 0 Å². The van der Waals surface area contributed by atoms with Crippen LogP contribution in [0.25, 0.3) is 0 Å². The molecule has 1 aliphatic heterocycles. The van der Waals surface area contributed by atoms with E-state index in [0.717, 1.165) is 31.2 Å². The number of ether oxygens (including phenoxy) is 1. The number of rotatable bonds is 3. The van der Waals surface area contributed by atoms with E-state index in [9.17, 15) is 0 Å². The van der Waals surface area contributed by atoms with E-state index in [1.807, 2.05) is 0 Å². The number of nitrogens with zero attached hydrogens (tertiary/aromatic N) is 1. The fraction of sp³-hybridized carbons (Fsp3) is 0.600. The molecule has 0 bridgehead atoms. The normalized spacial score (nSPS) is 26.8. The minimum atomic E-state index is 0.690. The van der Waals surface area contributed by atoms with Crippen molar-refractivity contribution in [3.8, 4) is 5.75 Å². The summed E-state index contributed by atoms with van der Waals surface area (Å²) < 4.78 is 5.50. The lowest BCUT2D eigenvalue weighted by molar-refractivity contribution is 0.329. The molecule has 18 heavy (non-hydrogen) atoms. The largest absolute Gasteiger partial charge is 0.496 e. The van der Waals surface area contributed by atoms with Gasteiger partial charge in [-0.15, -0.1) is 0 Å². The number of hydrogen-bond acceptors (Lipinski definition) is 3. The molecule has 0 spiro atoms. The minimum Gasteiger partial charge on any atom is -0.496 e. The maximum absolute atomic E-state index is 5.68. The fourth-order valence-electron chi connectivity index (χ4n) is 3.69. The molecule has 1 fully saturated rings. The maximum atomic E-state index is 5.68. The van der Waals surface area contributed by atoms with E-state index in [1.54, 1.807) is 7.11 Å². The van der Waals surface area contributed by atoms with Crippen molar-refractivity contribution in [3.63, 3.8) is 0 Å². The summed E-state index contributed by atoms with van der Waals surface area (Å²) in [6.07, 6.45) is 2.45. The van der Waals surface area contributed by atoms with E-state index < -0.39 is 0 Å². The number of benzene rings is 1. The molecule has 2 atom stereocenters. The Morgan fingerprint density at radius 2 is 2.28 bits per heavy atom. The van der Waals surface area contributed by atoms with Crippen LogP contribution < -0.4 is 10.5 Å². The van der Waals surface area contributed by atoms with Gasteiger partial charge in [-0.3, -0.25) is 0 Å². The second-order valence-corrected chi connectivity index (χ2v) is 5.48. The van der Waals surface area contributed by atoms with Gasteiger partial charge in [-0.25, -0.2) is 0 Å². The van der Waals surface area contributed by atoms with Crippen LogP contribution in [0.15, 0.2) is 18.2 Å². The van der Waals surface area contributed by atoms with Gasteiger partial charge in [0.2, 0.25) is 0 Å². The summed E-state index contributed by atoms with van der Waals surface area (Å²) in [4.78, 5) is 2.52. The van der Waals surface area contributed by atoms with E-state index in [1.165, 1.54) is 30.6 Å². The SMILES string of the molecule is COc1cccc2c1CC[C@@H]1CN(CCN)C[C@H]21. The van der Waals surface area contributed by atoms with E-state index in [4.69, 9.17) is 10.5 Å². The molecule has 0 radical (unpaired) electrons. The summed E-state index contributed by atoms with van der Waals surface area (Å²) in [6, 6.07) is 6.51. The Labute approximate surface area is 109 Å². The smallest absolute Gasteiger partial charge is 0.122 e. The molecule has 0 aromatic heterocycles. The number of fused-ring (bicyclic) bond motifs is 3. The van der Waals surface area contributed by atoms with Crippen LogP contribution in [0.4, 0.5) is 0 Å². The Morgan fingerprint density at radius 3 is 3.06 bits per heavy atom. The van der Waals surface area contributed by atoms with Gasteiger partial charge in [-0.2, -0.15) is 0 Å². The molecule has 1 saturated heterocycles.